The van der Waals surface area contributed by atoms with Crippen molar-refractivity contribution in [1.29, 1.82) is 0 Å². The molecule has 1 saturated heterocycles. The molecular weight excluding hydrogens is 414 g/mol. The lowest BCUT2D eigenvalue weighted by molar-refractivity contribution is 0.122. The van der Waals surface area contributed by atoms with Gasteiger partial charge in [0.2, 0.25) is 0 Å². The Labute approximate surface area is 189 Å². The molecule has 0 atom stereocenters. The molecule has 2 N–H and O–H groups in total. The van der Waals surface area contributed by atoms with Crippen LogP contribution in [0.5, 0.6) is 17.2 Å². The van der Waals surface area contributed by atoms with Crippen LogP contribution in [0.15, 0.2) is 36.4 Å². The molecule has 8 heteroatoms. The van der Waals surface area contributed by atoms with Crippen molar-refractivity contribution in [2.75, 3.05) is 61.7 Å². The number of morpholine rings is 1. The smallest absolute Gasteiger partial charge is 0.175 e. The van der Waals surface area contributed by atoms with Gasteiger partial charge in [-0.3, -0.25) is 0 Å². The molecule has 1 aliphatic rings. The van der Waals surface area contributed by atoms with Gasteiger partial charge in [0.05, 0.1) is 44.4 Å². The van der Waals surface area contributed by atoms with Crippen molar-refractivity contribution in [1.82, 2.24) is 0 Å². The van der Waals surface area contributed by atoms with E-state index in [1.54, 1.807) is 0 Å². The number of anilines is 3. The van der Waals surface area contributed by atoms with Gasteiger partial charge in [0, 0.05) is 30.9 Å². The minimum atomic E-state index is 0.465. The molecule has 0 bridgehead atoms. The van der Waals surface area contributed by atoms with Gasteiger partial charge < -0.3 is 34.5 Å². The van der Waals surface area contributed by atoms with Crippen LogP contribution in [0.2, 0.25) is 0 Å². The number of nitrogens with zero attached hydrogens (tertiary/aromatic N) is 1. The lowest BCUT2D eigenvalue weighted by Crippen LogP contribution is -2.36. The average Bonchev–Trinajstić information content (AvgIpc) is 2.78. The van der Waals surface area contributed by atoms with E-state index in [1.807, 2.05) is 57.2 Å². The fourth-order valence-electron chi connectivity index (χ4n) is 3.33. The largest absolute Gasteiger partial charge is 0.494 e. The first-order valence-electron chi connectivity index (χ1n) is 10.7. The van der Waals surface area contributed by atoms with Crippen LogP contribution in [-0.2, 0) is 4.74 Å². The van der Waals surface area contributed by atoms with Gasteiger partial charge in [0.15, 0.2) is 5.11 Å². The third kappa shape index (κ3) is 6.38. The number of nitrogens with one attached hydrogen (secondary N) is 2. The quantitative estimate of drug-likeness (QED) is 0.546. The molecule has 2 aromatic rings. The lowest BCUT2D eigenvalue weighted by atomic mass is 10.2. The van der Waals surface area contributed by atoms with Crippen LogP contribution in [0.4, 0.5) is 17.1 Å². The van der Waals surface area contributed by atoms with Crippen LogP contribution in [0.3, 0.4) is 0 Å². The first-order valence-corrected chi connectivity index (χ1v) is 11.1. The van der Waals surface area contributed by atoms with E-state index in [2.05, 4.69) is 15.5 Å². The van der Waals surface area contributed by atoms with Crippen molar-refractivity contribution >= 4 is 34.4 Å². The first-order chi connectivity index (χ1) is 15.1. The summed E-state index contributed by atoms with van der Waals surface area (Å²) >= 11 is 5.53. The van der Waals surface area contributed by atoms with Crippen LogP contribution in [0.25, 0.3) is 0 Å². The highest BCUT2D eigenvalue weighted by Gasteiger charge is 2.20. The zero-order chi connectivity index (χ0) is 22.1. The van der Waals surface area contributed by atoms with Crippen molar-refractivity contribution in [3.05, 3.63) is 36.4 Å². The number of hydrogen-bond donors (Lipinski definition) is 2. The minimum absolute atomic E-state index is 0.465. The van der Waals surface area contributed by atoms with Crippen molar-refractivity contribution in [3.63, 3.8) is 0 Å². The molecule has 1 aliphatic heterocycles. The van der Waals surface area contributed by atoms with Crippen LogP contribution >= 0.6 is 12.2 Å². The average molecular weight is 446 g/mol. The molecule has 3 rings (SSSR count). The Hall–Kier alpha value is -2.71. The Morgan fingerprint density at radius 2 is 1.55 bits per heavy atom. The van der Waals surface area contributed by atoms with E-state index in [-0.39, 0.29) is 0 Å². The molecule has 7 nitrogen and oxygen atoms in total. The Morgan fingerprint density at radius 1 is 0.903 bits per heavy atom. The van der Waals surface area contributed by atoms with E-state index in [0.29, 0.717) is 38.1 Å². The maximum absolute atomic E-state index is 5.94. The van der Waals surface area contributed by atoms with E-state index >= 15 is 0 Å². The molecule has 168 valence electrons. The van der Waals surface area contributed by atoms with Gasteiger partial charge in [-0.15, -0.1) is 0 Å². The van der Waals surface area contributed by atoms with Gasteiger partial charge in [-0.1, -0.05) is 0 Å². The topological polar surface area (TPSA) is 64.2 Å². The summed E-state index contributed by atoms with van der Waals surface area (Å²) in [5.41, 5.74) is 2.63. The zero-order valence-corrected chi connectivity index (χ0v) is 19.2. The van der Waals surface area contributed by atoms with Crippen molar-refractivity contribution in [3.8, 4) is 17.2 Å². The van der Waals surface area contributed by atoms with E-state index in [1.165, 1.54) is 0 Å². The maximum atomic E-state index is 5.94. The molecule has 0 aromatic heterocycles. The Morgan fingerprint density at radius 3 is 2.19 bits per heavy atom. The molecule has 0 amide bonds. The fourth-order valence-corrected chi connectivity index (χ4v) is 3.56. The normalized spacial score (nSPS) is 13.5. The summed E-state index contributed by atoms with van der Waals surface area (Å²) < 4.78 is 22.8. The highest BCUT2D eigenvalue weighted by molar-refractivity contribution is 7.80. The van der Waals surface area contributed by atoms with Crippen LogP contribution in [-0.4, -0.2) is 51.2 Å². The maximum Gasteiger partial charge on any atom is 0.175 e. The Balaban J connectivity index is 1.79. The van der Waals surface area contributed by atoms with Crippen LogP contribution in [0.1, 0.15) is 20.8 Å². The molecule has 31 heavy (non-hydrogen) atoms. The number of rotatable bonds is 9. The molecule has 0 saturated carbocycles. The van der Waals surface area contributed by atoms with E-state index in [4.69, 9.17) is 31.2 Å². The van der Waals surface area contributed by atoms with Crippen molar-refractivity contribution < 1.29 is 18.9 Å². The predicted octanol–water partition coefficient (Wildman–Crippen LogP) is 4.53. The van der Waals surface area contributed by atoms with Gasteiger partial charge in [-0.05, 0) is 57.3 Å². The van der Waals surface area contributed by atoms with Crippen molar-refractivity contribution in [2.24, 2.45) is 0 Å². The van der Waals surface area contributed by atoms with Gasteiger partial charge in [0.25, 0.3) is 0 Å². The molecule has 0 spiro atoms. The summed E-state index contributed by atoms with van der Waals surface area (Å²) in [6, 6.07) is 11.6. The molecular formula is C23H31N3O4S. The van der Waals surface area contributed by atoms with Gasteiger partial charge in [-0.25, -0.2) is 0 Å². The van der Waals surface area contributed by atoms with Crippen molar-refractivity contribution in [2.45, 2.75) is 20.8 Å². The second-order valence-electron chi connectivity index (χ2n) is 6.82. The lowest BCUT2D eigenvalue weighted by Gasteiger charge is -2.31. The third-order valence-electron chi connectivity index (χ3n) is 4.68. The molecule has 0 unspecified atom stereocenters. The van der Waals surface area contributed by atoms with Crippen LogP contribution < -0.4 is 29.7 Å². The van der Waals surface area contributed by atoms with Crippen LogP contribution in [0, 0.1) is 0 Å². The standard InChI is InChI=1S/C23H31N3O4S/c1-4-28-18-9-7-17(8-10-18)24-23(31)25-19-15-22(30-6-3)20(16-21(19)29-5-2)26-11-13-27-14-12-26/h7-10,15-16H,4-6,11-14H2,1-3H3,(H2,24,25,31). The second-order valence-corrected chi connectivity index (χ2v) is 7.23. The zero-order valence-electron chi connectivity index (χ0n) is 18.4. The van der Waals surface area contributed by atoms with E-state index < -0.39 is 0 Å². The predicted molar refractivity (Wildman–Crippen MR) is 129 cm³/mol. The third-order valence-corrected chi connectivity index (χ3v) is 4.89. The monoisotopic (exact) mass is 445 g/mol. The Kier molecular flexibility index (Phi) is 8.61. The molecule has 0 aliphatic carbocycles. The fraction of sp³-hybridized carbons (Fsp3) is 0.435. The highest BCUT2D eigenvalue weighted by Crippen LogP contribution is 2.39. The molecule has 1 heterocycles. The van der Waals surface area contributed by atoms with Gasteiger partial charge in [0.1, 0.15) is 17.2 Å². The summed E-state index contributed by atoms with van der Waals surface area (Å²) in [6.07, 6.45) is 0. The van der Waals surface area contributed by atoms with Gasteiger partial charge >= 0.3 is 0 Å². The minimum Gasteiger partial charge on any atom is -0.494 e. The molecule has 0 radical (unpaired) electrons. The van der Waals surface area contributed by atoms with E-state index in [9.17, 15) is 0 Å². The van der Waals surface area contributed by atoms with E-state index in [0.717, 1.165) is 47.4 Å². The highest BCUT2D eigenvalue weighted by atomic mass is 32.1. The number of ether oxygens (including phenoxy) is 4. The number of thiocarbonyl (C=S) groups is 1. The summed E-state index contributed by atoms with van der Waals surface area (Å²) in [5.74, 6) is 2.34. The summed E-state index contributed by atoms with van der Waals surface area (Å²) in [6.45, 7) is 10.7. The Bertz CT molecular complexity index is 855. The molecule has 1 fully saturated rings. The molecule has 2 aromatic carbocycles. The SMILES string of the molecule is CCOc1ccc(NC(=S)Nc2cc(OCC)c(N3CCOCC3)cc2OCC)cc1. The first kappa shape index (κ1) is 23.0. The second kappa shape index (κ2) is 11.6. The number of hydrogen-bond acceptors (Lipinski definition) is 6. The summed E-state index contributed by atoms with van der Waals surface area (Å²) in [4.78, 5) is 2.26. The number of benzene rings is 2. The summed E-state index contributed by atoms with van der Waals surface area (Å²) in [5, 5.41) is 6.92. The van der Waals surface area contributed by atoms with Gasteiger partial charge in [-0.2, -0.15) is 0 Å². The summed E-state index contributed by atoms with van der Waals surface area (Å²) in [7, 11) is 0.